The largest absolute Gasteiger partial charge is 0.370 e. The van der Waals surface area contributed by atoms with Gasteiger partial charge < -0.3 is 16.4 Å². The third-order valence-corrected chi connectivity index (χ3v) is 5.04. The summed E-state index contributed by atoms with van der Waals surface area (Å²) in [5.41, 5.74) is 12.3. The Bertz CT molecular complexity index is 1080. The van der Waals surface area contributed by atoms with E-state index < -0.39 is 21.7 Å². The Hall–Kier alpha value is -3.38. The molecule has 8 nitrogen and oxygen atoms in total. The number of sulfone groups is 1. The first-order valence-electron chi connectivity index (χ1n) is 7.77. The molecule has 27 heavy (non-hydrogen) atoms. The van der Waals surface area contributed by atoms with Gasteiger partial charge in [-0.2, -0.15) is 10.3 Å². The number of anilines is 2. The van der Waals surface area contributed by atoms with Crippen LogP contribution in [0.2, 0.25) is 0 Å². The number of carbonyl (C=O) groups is 1. The molecule has 1 amide bonds. The van der Waals surface area contributed by atoms with Crippen LogP contribution in [0.15, 0.2) is 46.3 Å². The van der Waals surface area contributed by atoms with Crippen molar-refractivity contribution in [1.82, 2.24) is 0 Å². The van der Waals surface area contributed by atoms with Gasteiger partial charge in [0.15, 0.2) is 15.8 Å². The van der Waals surface area contributed by atoms with Crippen LogP contribution in [0, 0.1) is 18.3 Å². The number of benzene rings is 2. The lowest BCUT2D eigenvalue weighted by Crippen LogP contribution is -2.24. The maximum absolute atomic E-state index is 12.4. The number of rotatable bonds is 4. The van der Waals surface area contributed by atoms with E-state index in [2.05, 4.69) is 11.1 Å². The monoisotopic (exact) mass is 385 g/mol. The van der Waals surface area contributed by atoms with E-state index in [1.54, 1.807) is 49.2 Å². The minimum Gasteiger partial charge on any atom is -0.370 e. The predicted octanol–water partition coefficient (Wildman–Crippen LogP) is 1.45. The number of para-hydroxylation sites is 1. The number of carbonyl (C=O) groups excluding carboxylic acids is 1. The molecule has 0 saturated carbocycles. The molecule has 0 heterocycles. The highest BCUT2D eigenvalue weighted by atomic mass is 32.2. The molecule has 2 aromatic rings. The second-order valence-electron chi connectivity index (χ2n) is 5.94. The first kappa shape index (κ1) is 19.9. The van der Waals surface area contributed by atoms with Crippen molar-refractivity contribution in [2.24, 2.45) is 16.5 Å². The van der Waals surface area contributed by atoms with Gasteiger partial charge in [0.25, 0.3) is 5.91 Å². The van der Waals surface area contributed by atoms with Crippen LogP contribution in [0.25, 0.3) is 0 Å². The van der Waals surface area contributed by atoms with Crippen molar-refractivity contribution in [2.75, 3.05) is 18.2 Å². The first-order valence-corrected chi connectivity index (χ1v) is 9.67. The second kappa shape index (κ2) is 7.47. The molecule has 9 heteroatoms. The molecule has 0 atom stereocenters. The summed E-state index contributed by atoms with van der Waals surface area (Å²) in [6.07, 6.45) is 1.04. The molecule has 0 aliphatic heterocycles. The number of hydrogen-bond acceptors (Lipinski definition) is 5. The maximum atomic E-state index is 12.4. The SMILES string of the molecule is Cc1cc(N(C)c2ccccc2C#N)c(S(C)(=O)=O)cc1C(=O)N=C(N)N. The topological polar surface area (TPSA) is 143 Å². The molecule has 140 valence electrons. The van der Waals surface area contributed by atoms with Crippen molar-refractivity contribution in [3.8, 4) is 6.07 Å². The highest BCUT2D eigenvalue weighted by Crippen LogP contribution is 2.34. The molecular formula is C18H19N5O3S. The molecule has 0 radical (unpaired) electrons. The molecule has 2 aromatic carbocycles. The number of guanidine groups is 1. The van der Waals surface area contributed by atoms with Crippen LogP contribution in [-0.2, 0) is 9.84 Å². The first-order chi connectivity index (χ1) is 12.6. The summed E-state index contributed by atoms with van der Waals surface area (Å²) in [4.78, 5) is 17.2. The Morgan fingerprint density at radius 3 is 2.37 bits per heavy atom. The average Bonchev–Trinajstić information content (AvgIpc) is 2.59. The summed E-state index contributed by atoms with van der Waals surface area (Å²) in [5, 5.41) is 9.32. The van der Waals surface area contributed by atoms with Gasteiger partial charge >= 0.3 is 0 Å². The van der Waals surface area contributed by atoms with Crippen LogP contribution in [0.1, 0.15) is 21.5 Å². The van der Waals surface area contributed by atoms with Gasteiger partial charge in [0, 0.05) is 18.9 Å². The van der Waals surface area contributed by atoms with Gasteiger partial charge in [-0.15, -0.1) is 0 Å². The third kappa shape index (κ3) is 4.24. The van der Waals surface area contributed by atoms with Crippen molar-refractivity contribution in [1.29, 1.82) is 5.26 Å². The molecule has 0 unspecified atom stereocenters. The van der Waals surface area contributed by atoms with Gasteiger partial charge in [-0.25, -0.2) is 8.42 Å². The number of nitrogens with two attached hydrogens (primary N) is 2. The summed E-state index contributed by atoms with van der Waals surface area (Å²) in [6.45, 7) is 1.65. The minimum atomic E-state index is -3.70. The summed E-state index contributed by atoms with van der Waals surface area (Å²) in [6, 6.07) is 11.7. The van der Waals surface area contributed by atoms with Crippen LogP contribution in [0.5, 0.6) is 0 Å². The molecule has 0 aliphatic rings. The van der Waals surface area contributed by atoms with E-state index in [1.165, 1.54) is 6.07 Å². The number of amides is 1. The van der Waals surface area contributed by atoms with Crippen LogP contribution >= 0.6 is 0 Å². The number of aryl methyl sites for hydroxylation is 1. The average molecular weight is 385 g/mol. The van der Waals surface area contributed by atoms with E-state index in [0.29, 0.717) is 22.5 Å². The molecule has 0 aromatic heterocycles. The van der Waals surface area contributed by atoms with Gasteiger partial charge in [0.1, 0.15) is 6.07 Å². The number of hydrogen-bond donors (Lipinski definition) is 2. The Morgan fingerprint density at radius 1 is 1.19 bits per heavy atom. The smallest absolute Gasteiger partial charge is 0.280 e. The highest BCUT2D eigenvalue weighted by molar-refractivity contribution is 7.90. The molecule has 2 rings (SSSR count). The van der Waals surface area contributed by atoms with Gasteiger partial charge in [-0.3, -0.25) is 4.79 Å². The summed E-state index contributed by atoms with van der Waals surface area (Å²) in [5.74, 6) is -1.14. The van der Waals surface area contributed by atoms with Gasteiger partial charge in [0.05, 0.1) is 21.8 Å². The summed E-state index contributed by atoms with van der Waals surface area (Å²) >= 11 is 0. The molecule has 0 spiro atoms. The van der Waals surface area contributed by atoms with Crippen molar-refractivity contribution >= 4 is 33.1 Å². The minimum absolute atomic E-state index is 0.0718. The number of aliphatic imine (C=N–C) groups is 1. The Balaban J connectivity index is 2.74. The normalized spacial score (nSPS) is 10.7. The number of nitrogens with zero attached hydrogens (tertiary/aromatic N) is 3. The van der Waals surface area contributed by atoms with Gasteiger partial charge in [-0.05, 0) is 36.8 Å². The van der Waals surface area contributed by atoms with Crippen molar-refractivity contribution in [3.63, 3.8) is 0 Å². The van der Waals surface area contributed by atoms with E-state index in [4.69, 9.17) is 11.5 Å². The lowest BCUT2D eigenvalue weighted by molar-refractivity contribution is 0.100. The van der Waals surface area contributed by atoms with Gasteiger partial charge in [-0.1, -0.05) is 12.1 Å². The van der Waals surface area contributed by atoms with Crippen LogP contribution in [0.3, 0.4) is 0 Å². The molecule has 0 saturated heterocycles. The van der Waals surface area contributed by atoms with Crippen molar-refractivity contribution in [3.05, 3.63) is 53.1 Å². The predicted molar refractivity (Wildman–Crippen MR) is 104 cm³/mol. The molecule has 0 fully saturated rings. The fourth-order valence-electron chi connectivity index (χ4n) is 2.63. The zero-order valence-corrected chi connectivity index (χ0v) is 15.9. The lowest BCUT2D eigenvalue weighted by Gasteiger charge is -2.24. The Kier molecular flexibility index (Phi) is 5.52. The van der Waals surface area contributed by atoms with Crippen LogP contribution in [0.4, 0.5) is 11.4 Å². The summed E-state index contributed by atoms with van der Waals surface area (Å²) < 4.78 is 24.7. The third-order valence-electron chi connectivity index (χ3n) is 3.91. The van der Waals surface area contributed by atoms with E-state index in [0.717, 1.165) is 6.26 Å². The van der Waals surface area contributed by atoms with Crippen molar-refractivity contribution in [2.45, 2.75) is 11.8 Å². The summed E-state index contributed by atoms with van der Waals surface area (Å²) in [7, 11) is -2.05. The zero-order chi connectivity index (χ0) is 20.4. The molecule has 0 bridgehead atoms. The highest BCUT2D eigenvalue weighted by Gasteiger charge is 2.23. The van der Waals surface area contributed by atoms with Crippen molar-refractivity contribution < 1.29 is 13.2 Å². The van der Waals surface area contributed by atoms with E-state index >= 15 is 0 Å². The zero-order valence-electron chi connectivity index (χ0n) is 15.1. The fourth-order valence-corrected chi connectivity index (χ4v) is 3.54. The Morgan fingerprint density at radius 2 is 1.81 bits per heavy atom. The van der Waals surface area contributed by atoms with Crippen LogP contribution in [-0.4, -0.2) is 33.6 Å². The van der Waals surface area contributed by atoms with E-state index in [9.17, 15) is 18.5 Å². The fraction of sp³-hybridized carbons (Fsp3) is 0.167. The molecule has 4 N–H and O–H groups in total. The lowest BCUT2D eigenvalue weighted by atomic mass is 10.1. The Labute approximate surface area is 157 Å². The van der Waals surface area contributed by atoms with Gasteiger partial charge in [0.2, 0.25) is 0 Å². The van der Waals surface area contributed by atoms with E-state index in [1.807, 2.05) is 0 Å². The second-order valence-corrected chi connectivity index (χ2v) is 7.92. The quantitative estimate of drug-likeness (QED) is 0.599. The standard InChI is InChI=1S/C18H19N5O3S/c1-11-8-15(23(2)14-7-5-4-6-12(14)10-19)16(27(3,25)26)9-13(11)17(24)22-18(20)21/h4-9H,1-3H3,(H4,20,21,22,24). The van der Waals surface area contributed by atoms with E-state index in [-0.39, 0.29) is 10.5 Å². The molecule has 0 aliphatic carbocycles. The maximum Gasteiger partial charge on any atom is 0.280 e. The molecular weight excluding hydrogens is 366 g/mol. The number of nitriles is 1. The van der Waals surface area contributed by atoms with Crippen LogP contribution < -0.4 is 16.4 Å².